The first-order valence-corrected chi connectivity index (χ1v) is 6.20. The van der Waals surface area contributed by atoms with Crippen LogP contribution < -0.4 is 15.3 Å². The molecule has 0 saturated carbocycles. The lowest BCUT2D eigenvalue weighted by atomic mass is 9.98. The van der Waals surface area contributed by atoms with Gasteiger partial charge in [0.1, 0.15) is 24.2 Å². The molecule has 0 aliphatic heterocycles. The minimum Gasteiger partial charge on any atom is -0.287 e. The highest BCUT2D eigenvalue weighted by Gasteiger charge is 2.09. The summed E-state index contributed by atoms with van der Waals surface area (Å²) >= 11 is 0. The summed E-state index contributed by atoms with van der Waals surface area (Å²) < 4.78 is 14.3. The second kappa shape index (κ2) is 7.17. The van der Waals surface area contributed by atoms with Gasteiger partial charge in [0.25, 0.3) is 5.91 Å². The van der Waals surface area contributed by atoms with Crippen molar-refractivity contribution < 1.29 is 13.7 Å². The van der Waals surface area contributed by atoms with E-state index in [0.717, 1.165) is 5.56 Å². The van der Waals surface area contributed by atoms with Gasteiger partial charge in [0.2, 0.25) is 0 Å². The molecular weight excluding hydrogens is 270 g/mol. The molecule has 0 fully saturated rings. The second-order valence-corrected chi connectivity index (χ2v) is 4.23. The molecule has 1 aromatic heterocycles. The lowest BCUT2D eigenvalue weighted by Crippen LogP contribution is -2.40. The summed E-state index contributed by atoms with van der Waals surface area (Å²) in [7, 11) is 1.31. The molecule has 7 heteroatoms. The van der Waals surface area contributed by atoms with Crippen molar-refractivity contribution in [3.63, 3.8) is 0 Å². The summed E-state index contributed by atoms with van der Waals surface area (Å²) in [6.45, 7) is 0.390. The smallest absolute Gasteiger partial charge is 0.287 e. The number of nitrogens with zero attached hydrogens (tertiary/aromatic N) is 2. The number of pyridine rings is 1. The van der Waals surface area contributed by atoms with Gasteiger partial charge in [-0.05, 0) is 17.7 Å². The fourth-order valence-corrected chi connectivity index (χ4v) is 1.64. The van der Waals surface area contributed by atoms with E-state index in [1.54, 1.807) is 41.1 Å². The molecule has 0 atom stereocenters. The number of benzene rings is 1. The molecule has 2 rings (SSSR count). The Bertz CT molecular complexity index is 652. The Kier molecular flexibility index (Phi) is 5.02. The van der Waals surface area contributed by atoms with Gasteiger partial charge in [0.05, 0.1) is 5.56 Å². The number of rotatable bonds is 5. The molecule has 0 spiro atoms. The van der Waals surface area contributed by atoms with Gasteiger partial charge in [-0.25, -0.2) is 15.1 Å². The summed E-state index contributed by atoms with van der Waals surface area (Å²) in [5.41, 5.74) is 6.63. The van der Waals surface area contributed by atoms with E-state index in [2.05, 4.69) is 10.9 Å². The molecule has 1 radical (unpaired) electrons. The molecule has 1 heterocycles. The van der Waals surface area contributed by atoms with Gasteiger partial charge in [0.15, 0.2) is 0 Å². The van der Waals surface area contributed by atoms with Crippen molar-refractivity contribution >= 4 is 13.3 Å². The van der Waals surface area contributed by atoms with E-state index in [4.69, 9.17) is 5.26 Å². The van der Waals surface area contributed by atoms with Crippen LogP contribution in [0.3, 0.4) is 0 Å². The Morgan fingerprint density at radius 2 is 1.90 bits per heavy atom. The van der Waals surface area contributed by atoms with Crippen LogP contribution in [0.5, 0.6) is 0 Å². The van der Waals surface area contributed by atoms with Gasteiger partial charge in [-0.2, -0.15) is 0 Å². The van der Waals surface area contributed by atoms with Crippen LogP contribution in [0.25, 0.3) is 0 Å². The third kappa shape index (κ3) is 4.40. The van der Waals surface area contributed by atoms with Gasteiger partial charge in [0, 0.05) is 18.7 Å². The summed E-state index contributed by atoms with van der Waals surface area (Å²) in [5.74, 6) is 1.30. The number of nitriles is 1. The van der Waals surface area contributed by atoms with Gasteiger partial charge in [-0.1, -0.05) is 12.1 Å². The Morgan fingerprint density at radius 3 is 2.52 bits per heavy atom. The van der Waals surface area contributed by atoms with Crippen molar-refractivity contribution in [1.82, 2.24) is 10.9 Å². The number of aromatic nitrogens is 1. The fourth-order valence-electron chi connectivity index (χ4n) is 1.64. The van der Waals surface area contributed by atoms with E-state index in [9.17, 15) is 9.18 Å². The first-order chi connectivity index (χ1) is 10.2. The number of carbonyl (C=O) groups excluding carboxylic acids is 1. The van der Waals surface area contributed by atoms with E-state index in [-0.39, 0.29) is 11.7 Å². The van der Waals surface area contributed by atoms with Crippen LogP contribution in [-0.2, 0) is 6.54 Å². The molecule has 1 aromatic carbocycles. The first kappa shape index (κ1) is 14.7. The maximum absolute atomic E-state index is 12.7. The van der Waals surface area contributed by atoms with E-state index < -0.39 is 0 Å². The second-order valence-electron chi connectivity index (χ2n) is 4.23. The third-order valence-electron chi connectivity index (χ3n) is 2.73. The molecule has 2 N–H and O–H groups in total. The monoisotopic (exact) mass is 282 g/mol. The number of nitrogens with one attached hydrogen (secondary N) is 2. The van der Waals surface area contributed by atoms with E-state index in [0.29, 0.717) is 12.1 Å². The summed E-state index contributed by atoms with van der Waals surface area (Å²) in [4.78, 5) is 11.8. The van der Waals surface area contributed by atoms with Crippen LogP contribution in [-0.4, -0.2) is 13.3 Å². The lowest BCUT2D eigenvalue weighted by molar-refractivity contribution is -0.527. The number of hydrogen-bond donors (Lipinski definition) is 2. The minimum atomic E-state index is -0.297. The van der Waals surface area contributed by atoms with Crippen molar-refractivity contribution in [2.75, 3.05) is 0 Å². The summed E-state index contributed by atoms with van der Waals surface area (Å²) in [6, 6.07) is 9.20. The first-order valence-electron chi connectivity index (χ1n) is 6.20. The van der Waals surface area contributed by atoms with Crippen molar-refractivity contribution in [2.24, 2.45) is 0 Å². The van der Waals surface area contributed by atoms with Gasteiger partial charge < -0.3 is 0 Å². The van der Waals surface area contributed by atoms with Crippen LogP contribution in [0.1, 0.15) is 15.9 Å². The largest absolute Gasteiger partial charge is 0.671 e. The normalized spacial score (nSPS) is 9.71. The van der Waals surface area contributed by atoms with Gasteiger partial charge >= 0.3 is 7.41 Å². The molecule has 0 aliphatic rings. The maximum atomic E-state index is 12.7. The zero-order chi connectivity index (χ0) is 15.1. The molecular formula is C14H12BFN4O+. The molecule has 103 valence electrons. The zero-order valence-corrected chi connectivity index (χ0v) is 11.1. The topological polar surface area (TPSA) is 68.8 Å². The predicted octanol–water partition coefficient (Wildman–Crippen LogP) is 0.496. The average molecular weight is 282 g/mol. The Balaban J connectivity index is 1.84. The Labute approximate surface area is 122 Å². The number of amides is 1. The quantitative estimate of drug-likeness (QED) is 0.619. The van der Waals surface area contributed by atoms with Crippen molar-refractivity contribution in [2.45, 2.75) is 6.54 Å². The van der Waals surface area contributed by atoms with E-state index in [1.807, 2.05) is 5.97 Å². The Morgan fingerprint density at radius 1 is 1.24 bits per heavy atom. The molecule has 5 nitrogen and oxygen atoms in total. The standard InChI is InChI=1S/C14H12BFN4O/c16-13-3-1-11(2-4-13)9-18-19-14(21)12-5-7-20(8-6-12)15-10-17/h1-8,18H,9H2,(H,19,21)/q+1. The highest BCUT2D eigenvalue weighted by molar-refractivity contribution is 6.35. The van der Waals surface area contributed by atoms with Crippen LogP contribution in [0.2, 0.25) is 0 Å². The summed E-state index contributed by atoms with van der Waals surface area (Å²) in [6.07, 6.45) is 3.22. The van der Waals surface area contributed by atoms with Crippen LogP contribution in [0, 0.1) is 17.0 Å². The van der Waals surface area contributed by atoms with Crippen LogP contribution in [0.15, 0.2) is 48.8 Å². The number of hydrazine groups is 1. The van der Waals surface area contributed by atoms with Crippen LogP contribution >= 0.6 is 0 Å². The fraction of sp³-hybridized carbons (Fsp3) is 0.0714. The van der Waals surface area contributed by atoms with Crippen molar-refractivity contribution in [1.29, 1.82) is 5.26 Å². The van der Waals surface area contributed by atoms with Crippen molar-refractivity contribution in [3.05, 3.63) is 65.7 Å². The SMILES string of the molecule is N#C[B][n+]1ccc(C(=O)NNCc2ccc(F)cc2)cc1. The average Bonchev–Trinajstić information content (AvgIpc) is 2.50. The number of carbonyl (C=O) groups is 1. The zero-order valence-electron chi connectivity index (χ0n) is 11.1. The Hall–Kier alpha value is -2.72. The van der Waals surface area contributed by atoms with Crippen molar-refractivity contribution in [3.8, 4) is 5.97 Å². The van der Waals surface area contributed by atoms with E-state index in [1.165, 1.54) is 19.5 Å². The summed E-state index contributed by atoms with van der Waals surface area (Å²) in [5, 5.41) is 8.50. The van der Waals surface area contributed by atoms with Gasteiger partial charge in [-0.3, -0.25) is 14.7 Å². The number of hydrogen-bond acceptors (Lipinski definition) is 3. The number of halogens is 1. The minimum absolute atomic E-state index is 0.291. The molecule has 0 saturated heterocycles. The van der Waals surface area contributed by atoms with Gasteiger partial charge in [-0.15, -0.1) is 0 Å². The highest BCUT2D eigenvalue weighted by Crippen LogP contribution is 2.01. The lowest BCUT2D eigenvalue weighted by Gasteiger charge is -2.07. The van der Waals surface area contributed by atoms with E-state index >= 15 is 0 Å². The highest BCUT2D eigenvalue weighted by atomic mass is 19.1. The molecule has 1 amide bonds. The third-order valence-corrected chi connectivity index (χ3v) is 2.73. The molecule has 2 aromatic rings. The molecule has 0 bridgehead atoms. The molecule has 0 unspecified atom stereocenters. The molecule has 21 heavy (non-hydrogen) atoms. The molecule has 0 aliphatic carbocycles. The maximum Gasteiger partial charge on any atom is 0.671 e. The van der Waals surface area contributed by atoms with Crippen LogP contribution in [0.4, 0.5) is 4.39 Å². The predicted molar refractivity (Wildman–Crippen MR) is 74.1 cm³/mol.